The number of nitrogens with zero attached hydrogens (tertiary/aromatic N) is 3. The van der Waals surface area contributed by atoms with Gasteiger partial charge in [0.15, 0.2) is 5.69 Å². The predicted molar refractivity (Wildman–Crippen MR) is 123 cm³/mol. The molecule has 4 rings (SSSR count). The summed E-state index contributed by atoms with van der Waals surface area (Å²) >= 11 is 0. The molecule has 0 saturated heterocycles. The van der Waals surface area contributed by atoms with Crippen molar-refractivity contribution in [3.05, 3.63) is 88.2 Å². The zero-order chi connectivity index (χ0) is 25.9. The minimum Gasteiger partial charge on any atom is -0.478 e. The third kappa shape index (κ3) is 5.62. The van der Waals surface area contributed by atoms with Crippen LogP contribution >= 0.6 is 0 Å². The predicted octanol–water partition coefficient (Wildman–Crippen LogP) is 4.34. The fourth-order valence-corrected chi connectivity index (χ4v) is 3.84. The van der Waals surface area contributed by atoms with Crippen LogP contribution in [0, 0.1) is 0 Å². The second-order valence-corrected chi connectivity index (χ2v) is 8.32. The Hall–Kier alpha value is -3.99. The molecular weight excluding hydrogens is 477 g/mol. The molecule has 0 aliphatic carbocycles. The Labute approximate surface area is 204 Å². The average Bonchev–Trinajstić information content (AvgIpc) is 3.28. The Bertz CT molecular complexity index is 1280. The Morgan fingerprint density at radius 1 is 1.14 bits per heavy atom. The van der Waals surface area contributed by atoms with Crippen LogP contribution in [0.15, 0.2) is 54.6 Å². The molecule has 1 aliphatic rings. The van der Waals surface area contributed by atoms with Gasteiger partial charge in [-0.05, 0) is 54.3 Å². The maximum atomic E-state index is 13.4. The fourth-order valence-electron chi connectivity index (χ4n) is 3.84. The number of aromatic carboxylic acids is 1. The molecule has 3 aromatic rings. The number of aromatic nitrogens is 3. The molecule has 1 amide bonds. The Morgan fingerprint density at radius 2 is 1.83 bits per heavy atom. The van der Waals surface area contributed by atoms with E-state index in [2.05, 4.69) is 15.6 Å². The Morgan fingerprint density at radius 3 is 2.42 bits per heavy atom. The van der Waals surface area contributed by atoms with Crippen LogP contribution in [0.1, 0.15) is 62.6 Å². The van der Waals surface area contributed by atoms with Crippen molar-refractivity contribution in [3.63, 3.8) is 0 Å². The summed E-state index contributed by atoms with van der Waals surface area (Å²) in [5.41, 5.74) is 1.94. The molecule has 2 N–H and O–H groups in total. The molecule has 0 spiro atoms. The number of halogens is 3. The highest BCUT2D eigenvalue weighted by Gasteiger charge is 2.30. The van der Waals surface area contributed by atoms with Gasteiger partial charge in [0.25, 0.3) is 5.91 Å². The number of rotatable bonds is 7. The van der Waals surface area contributed by atoms with Gasteiger partial charge in [0.1, 0.15) is 5.69 Å². The van der Waals surface area contributed by atoms with E-state index in [4.69, 9.17) is 9.84 Å². The van der Waals surface area contributed by atoms with E-state index in [-0.39, 0.29) is 17.8 Å². The van der Waals surface area contributed by atoms with Gasteiger partial charge in [0.05, 0.1) is 36.9 Å². The zero-order valence-corrected chi connectivity index (χ0v) is 19.2. The van der Waals surface area contributed by atoms with Crippen LogP contribution in [0.4, 0.5) is 13.2 Å². The monoisotopic (exact) mass is 500 g/mol. The SMILES string of the molecule is CC(NC(=O)c1c(C2=CCOCC2)nnn1Cc1ccc(C(F)(F)F)cc1)c1ccc(C(=O)O)cc1. The minimum atomic E-state index is -4.45. The van der Waals surface area contributed by atoms with E-state index in [0.29, 0.717) is 36.5 Å². The van der Waals surface area contributed by atoms with Crippen molar-refractivity contribution in [2.45, 2.75) is 32.1 Å². The number of benzene rings is 2. The van der Waals surface area contributed by atoms with Crippen LogP contribution in [0.3, 0.4) is 0 Å². The quantitative estimate of drug-likeness (QED) is 0.500. The first-order valence-electron chi connectivity index (χ1n) is 11.1. The topological polar surface area (TPSA) is 106 Å². The summed E-state index contributed by atoms with van der Waals surface area (Å²) in [5, 5.41) is 20.3. The van der Waals surface area contributed by atoms with E-state index in [1.165, 1.54) is 28.9 Å². The van der Waals surface area contributed by atoms with Crippen molar-refractivity contribution in [2.24, 2.45) is 0 Å². The second kappa shape index (κ2) is 10.3. The molecule has 0 bridgehead atoms. The highest BCUT2D eigenvalue weighted by Crippen LogP contribution is 2.29. The lowest BCUT2D eigenvalue weighted by Gasteiger charge is -2.17. The normalized spacial score (nSPS) is 14.7. The van der Waals surface area contributed by atoms with E-state index in [1.807, 2.05) is 6.08 Å². The molecule has 2 aromatic carbocycles. The van der Waals surface area contributed by atoms with Crippen molar-refractivity contribution in [1.82, 2.24) is 20.3 Å². The number of carbonyl (C=O) groups is 2. The molecule has 36 heavy (non-hydrogen) atoms. The van der Waals surface area contributed by atoms with Gasteiger partial charge in [0, 0.05) is 0 Å². The van der Waals surface area contributed by atoms with Gasteiger partial charge in [-0.1, -0.05) is 35.6 Å². The molecule has 1 aliphatic heterocycles. The highest BCUT2D eigenvalue weighted by atomic mass is 19.4. The van der Waals surface area contributed by atoms with Crippen LogP contribution in [-0.2, 0) is 17.5 Å². The van der Waals surface area contributed by atoms with Gasteiger partial charge in [0.2, 0.25) is 0 Å². The molecule has 1 unspecified atom stereocenters. The molecule has 1 aromatic heterocycles. The van der Waals surface area contributed by atoms with Gasteiger partial charge >= 0.3 is 12.1 Å². The zero-order valence-electron chi connectivity index (χ0n) is 19.2. The Kier molecular flexibility index (Phi) is 7.20. The van der Waals surface area contributed by atoms with Gasteiger partial charge < -0.3 is 15.2 Å². The number of amides is 1. The van der Waals surface area contributed by atoms with Crippen LogP contribution < -0.4 is 5.32 Å². The number of hydrogen-bond acceptors (Lipinski definition) is 5. The number of carboxylic acid groups (broad SMARTS) is 1. The van der Waals surface area contributed by atoms with Gasteiger partial charge in [-0.25, -0.2) is 9.48 Å². The molecule has 8 nitrogen and oxygen atoms in total. The molecular formula is C25H23F3N4O4. The lowest BCUT2D eigenvalue weighted by molar-refractivity contribution is -0.137. The third-order valence-electron chi connectivity index (χ3n) is 5.84. The first kappa shape index (κ1) is 25.1. The first-order valence-corrected chi connectivity index (χ1v) is 11.1. The van der Waals surface area contributed by atoms with Crippen LogP contribution in [-0.4, -0.2) is 45.2 Å². The van der Waals surface area contributed by atoms with E-state index in [0.717, 1.165) is 17.7 Å². The van der Waals surface area contributed by atoms with Gasteiger partial charge in [-0.2, -0.15) is 13.2 Å². The third-order valence-corrected chi connectivity index (χ3v) is 5.84. The fraction of sp³-hybridized carbons (Fsp3) is 0.280. The number of carboxylic acids is 1. The largest absolute Gasteiger partial charge is 0.478 e. The summed E-state index contributed by atoms with van der Waals surface area (Å²) in [6.45, 7) is 2.63. The van der Waals surface area contributed by atoms with Crippen LogP contribution in [0.2, 0.25) is 0 Å². The summed E-state index contributed by atoms with van der Waals surface area (Å²) < 4.78 is 45.5. The lowest BCUT2D eigenvalue weighted by Crippen LogP contribution is -2.30. The second-order valence-electron chi connectivity index (χ2n) is 8.32. The molecule has 188 valence electrons. The summed E-state index contributed by atoms with van der Waals surface area (Å²) in [7, 11) is 0. The van der Waals surface area contributed by atoms with E-state index < -0.39 is 29.7 Å². The number of alkyl halides is 3. The summed E-state index contributed by atoms with van der Waals surface area (Å²) in [5.74, 6) is -1.52. The smallest absolute Gasteiger partial charge is 0.416 e. The van der Waals surface area contributed by atoms with Crippen molar-refractivity contribution in [2.75, 3.05) is 13.2 Å². The van der Waals surface area contributed by atoms with E-state index in [1.54, 1.807) is 19.1 Å². The summed E-state index contributed by atoms with van der Waals surface area (Å²) in [6, 6.07) is 10.3. The molecule has 11 heteroatoms. The molecule has 2 heterocycles. The molecule has 0 radical (unpaired) electrons. The molecule has 0 saturated carbocycles. The van der Waals surface area contributed by atoms with Crippen molar-refractivity contribution < 1.29 is 32.6 Å². The average molecular weight is 500 g/mol. The number of carbonyl (C=O) groups excluding carboxylic acids is 1. The molecule has 1 atom stereocenters. The Balaban J connectivity index is 1.61. The van der Waals surface area contributed by atoms with Crippen molar-refractivity contribution in [3.8, 4) is 0 Å². The summed E-state index contributed by atoms with van der Waals surface area (Å²) in [4.78, 5) is 24.5. The van der Waals surface area contributed by atoms with Crippen molar-refractivity contribution >= 4 is 17.4 Å². The van der Waals surface area contributed by atoms with Gasteiger partial charge in [-0.3, -0.25) is 4.79 Å². The highest BCUT2D eigenvalue weighted by molar-refractivity contribution is 5.97. The first-order chi connectivity index (χ1) is 17.1. The number of hydrogen-bond donors (Lipinski definition) is 2. The van der Waals surface area contributed by atoms with E-state index in [9.17, 15) is 22.8 Å². The maximum absolute atomic E-state index is 13.4. The van der Waals surface area contributed by atoms with Crippen LogP contribution in [0.5, 0.6) is 0 Å². The van der Waals surface area contributed by atoms with Crippen LogP contribution in [0.25, 0.3) is 5.57 Å². The molecule has 0 fully saturated rings. The number of ether oxygens (including phenoxy) is 1. The van der Waals surface area contributed by atoms with Crippen molar-refractivity contribution in [1.29, 1.82) is 0 Å². The number of nitrogens with one attached hydrogen (secondary N) is 1. The lowest BCUT2D eigenvalue weighted by atomic mass is 10.0. The van der Waals surface area contributed by atoms with E-state index >= 15 is 0 Å². The maximum Gasteiger partial charge on any atom is 0.416 e. The minimum absolute atomic E-state index is 0.0410. The summed E-state index contributed by atoms with van der Waals surface area (Å²) in [6.07, 6.45) is -2.09. The van der Waals surface area contributed by atoms with Gasteiger partial charge in [-0.15, -0.1) is 5.10 Å². The standard InChI is InChI=1S/C25H23F3N4O4/c1-15(17-4-6-19(7-5-17)24(34)35)29-23(33)22-21(18-10-12-36-13-11-18)30-31-32(22)14-16-2-8-20(9-3-16)25(26,27)28/h2-10,15H,11-14H2,1H3,(H,29,33)(H,34,35).